The van der Waals surface area contributed by atoms with Crippen molar-refractivity contribution in [2.75, 3.05) is 10.1 Å². The zero-order valence-electron chi connectivity index (χ0n) is 33.4. The first-order valence-electron chi connectivity index (χ1n) is 19.9. The van der Waals surface area contributed by atoms with Gasteiger partial charge in [0.15, 0.2) is 0 Å². The van der Waals surface area contributed by atoms with Crippen molar-refractivity contribution in [1.29, 1.82) is 0 Å². The minimum atomic E-state index is -3.12. The first-order valence-corrected chi connectivity index (χ1v) is 21.9. The SMILES string of the molecule is Cc1ccccc1-c1ccnc(-n2c3[c-]c([Si](c4[c-]c(N5[OH+]N(C(C)(C)C)c6ccccc65)ccc4)(c4ccccc4)c4ccccc4)ccc3c3ccccc32)c1.[Pt]. The normalized spacial score (nSPS) is 12.8. The van der Waals surface area contributed by atoms with Crippen LogP contribution < -0.4 is 30.9 Å². The maximum absolute atomic E-state index is 5.22. The van der Waals surface area contributed by atoms with Gasteiger partial charge >= 0.3 is 0 Å². The fraction of sp³-hybridized carbons (Fsp3) is 0.0962. The van der Waals surface area contributed by atoms with Crippen LogP contribution in [0.5, 0.6) is 0 Å². The molecule has 0 amide bonds. The van der Waals surface area contributed by atoms with Crippen molar-refractivity contribution in [2.24, 2.45) is 0 Å². The summed E-state index contributed by atoms with van der Waals surface area (Å²) >= 11 is 0. The van der Waals surface area contributed by atoms with Gasteiger partial charge in [0.2, 0.25) is 0 Å². The largest absolute Gasteiger partial charge is 0.319 e. The summed E-state index contributed by atoms with van der Waals surface area (Å²) in [5, 5.41) is 11.2. The van der Waals surface area contributed by atoms with Gasteiger partial charge < -0.3 is 4.57 Å². The molecule has 7 aromatic carbocycles. The predicted molar refractivity (Wildman–Crippen MR) is 243 cm³/mol. The van der Waals surface area contributed by atoms with Crippen LogP contribution in [0.25, 0.3) is 38.8 Å². The van der Waals surface area contributed by atoms with E-state index in [0.717, 1.165) is 55.2 Å². The molecule has 10 rings (SSSR count). The number of nitrogens with zero attached hydrogens (tertiary/aromatic N) is 4. The van der Waals surface area contributed by atoms with E-state index in [2.05, 4.69) is 230 Å². The van der Waals surface area contributed by atoms with Crippen LogP contribution in [-0.4, -0.2) is 28.1 Å². The van der Waals surface area contributed by atoms with Gasteiger partial charge in [0.05, 0.1) is 0 Å². The fourth-order valence-corrected chi connectivity index (χ4v) is 13.3. The van der Waals surface area contributed by atoms with Gasteiger partial charge in [-0.3, -0.25) is 0 Å². The Morgan fingerprint density at radius 3 is 1.97 bits per heavy atom. The van der Waals surface area contributed by atoms with Crippen LogP contribution in [0.3, 0.4) is 0 Å². The maximum atomic E-state index is 5.22. The van der Waals surface area contributed by atoms with Crippen molar-refractivity contribution in [3.63, 3.8) is 0 Å². The molecule has 7 heteroatoms. The molecule has 0 fully saturated rings. The van der Waals surface area contributed by atoms with E-state index in [4.69, 9.17) is 9.92 Å². The third-order valence-electron chi connectivity index (χ3n) is 11.4. The monoisotopic (exact) mass is 962 g/mol. The Balaban J connectivity index is 0.00000449. The zero-order chi connectivity index (χ0) is 39.4. The molecule has 3 heterocycles. The second-order valence-electron chi connectivity index (χ2n) is 16.0. The smallest absolute Gasteiger partial charge is 0.145 e. The quantitative estimate of drug-likeness (QED) is 0.0692. The van der Waals surface area contributed by atoms with Crippen molar-refractivity contribution in [3.05, 3.63) is 200 Å². The van der Waals surface area contributed by atoms with Crippen molar-refractivity contribution in [2.45, 2.75) is 33.2 Å². The number of hydroxylamine groups is 1. The number of hydrogen-bond acceptors (Lipinski definition) is 3. The third kappa shape index (κ3) is 6.43. The third-order valence-corrected chi connectivity index (χ3v) is 16.0. The Morgan fingerprint density at radius 1 is 0.593 bits per heavy atom. The Labute approximate surface area is 361 Å². The summed E-state index contributed by atoms with van der Waals surface area (Å²) in [4.78, 5) is 10.2. The van der Waals surface area contributed by atoms with E-state index in [0.29, 0.717) is 0 Å². The molecule has 1 aliphatic heterocycles. The average molecular weight is 963 g/mol. The first kappa shape index (κ1) is 38.5. The number of rotatable bonds is 7. The number of aromatic nitrogens is 2. The van der Waals surface area contributed by atoms with Gasteiger partial charge in [-0.15, -0.1) is 21.6 Å². The number of anilines is 3. The number of hydrogen-bond donors (Lipinski definition) is 0. The second-order valence-corrected chi connectivity index (χ2v) is 19.7. The number of para-hydroxylation sites is 3. The van der Waals surface area contributed by atoms with Gasteiger partial charge in [-0.2, -0.15) is 51.7 Å². The molecule has 2 aromatic heterocycles. The summed E-state index contributed by atoms with van der Waals surface area (Å²) < 4.78 is 2.30. The standard InChI is InChI=1S/C52H42N4OSi.Pt/c1-37-18-11-12-25-44(37)38-32-33-53-51(34-38)54-47-27-14-13-26-45(47)46-31-30-43(36-50(46)54)58(40-20-7-5-8-21-40,41-22-9-6-10-23-41)42-24-17-19-39(35-42)55-48-28-15-16-29-49(48)56(57-55)52(2,3)4;/h5-34H,1-4H3;/q-2;/p+1. The van der Waals surface area contributed by atoms with E-state index in [1.807, 2.05) is 6.20 Å². The topological polar surface area (TPSA) is 37.1 Å². The number of pyridine rings is 1. The van der Waals surface area contributed by atoms with E-state index in [-0.39, 0.29) is 26.6 Å². The van der Waals surface area contributed by atoms with Crippen LogP contribution >= 0.6 is 0 Å². The maximum Gasteiger partial charge on any atom is 0.145 e. The van der Waals surface area contributed by atoms with E-state index in [1.165, 1.54) is 26.9 Å². The van der Waals surface area contributed by atoms with E-state index >= 15 is 0 Å². The van der Waals surface area contributed by atoms with Crippen molar-refractivity contribution < 1.29 is 26.0 Å². The summed E-state index contributed by atoms with van der Waals surface area (Å²) in [5.74, 6) is 0.860. The molecule has 292 valence electrons. The molecule has 0 saturated carbocycles. The predicted octanol–water partition coefficient (Wildman–Crippen LogP) is 9.73. The van der Waals surface area contributed by atoms with Gasteiger partial charge in [-0.25, -0.2) is 4.98 Å². The number of fused-ring (bicyclic) bond motifs is 4. The van der Waals surface area contributed by atoms with Gasteiger partial charge in [-0.05, 0) is 90.5 Å². The Bertz CT molecular complexity index is 2920. The molecule has 0 spiro atoms. The minimum Gasteiger partial charge on any atom is -0.319 e. The van der Waals surface area contributed by atoms with Crippen LogP contribution in [0.2, 0.25) is 0 Å². The Kier molecular flexibility index (Phi) is 9.96. The van der Waals surface area contributed by atoms with Crippen LogP contribution in [0.15, 0.2) is 182 Å². The van der Waals surface area contributed by atoms with Crippen molar-refractivity contribution in [1.82, 2.24) is 9.55 Å². The molecule has 0 saturated heterocycles. The summed E-state index contributed by atoms with van der Waals surface area (Å²) in [6.45, 7) is 8.74. The van der Waals surface area contributed by atoms with Crippen molar-refractivity contribution in [3.8, 4) is 16.9 Å². The van der Waals surface area contributed by atoms with Crippen LogP contribution in [-0.2, 0) is 21.1 Å². The molecule has 5 nitrogen and oxygen atoms in total. The zero-order valence-corrected chi connectivity index (χ0v) is 36.6. The molecular formula is C52H43N4OPtSi-. The number of benzene rings is 7. The molecule has 1 N–H and O–H groups in total. The summed E-state index contributed by atoms with van der Waals surface area (Å²) in [6, 6.07) is 71.3. The summed E-state index contributed by atoms with van der Waals surface area (Å²) in [6.07, 6.45) is 1.93. The van der Waals surface area contributed by atoms with Gasteiger partial charge in [0, 0.05) is 38.5 Å². The summed E-state index contributed by atoms with van der Waals surface area (Å²) in [7, 11) is -3.12. The van der Waals surface area contributed by atoms with Gasteiger partial charge in [-0.1, -0.05) is 121 Å². The molecule has 0 unspecified atom stereocenters. The molecule has 0 atom stereocenters. The fourth-order valence-electron chi connectivity index (χ4n) is 8.75. The van der Waals surface area contributed by atoms with Crippen LogP contribution in [0.4, 0.5) is 17.1 Å². The molecule has 0 bridgehead atoms. The van der Waals surface area contributed by atoms with E-state index in [9.17, 15) is 0 Å². The van der Waals surface area contributed by atoms with Gasteiger partial charge in [0.25, 0.3) is 0 Å². The van der Waals surface area contributed by atoms with Crippen LogP contribution in [0.1, 0.15) is 26.3 Å². The van der Waals surface area contributed by atoms with E-state index in [1.54, 1.807) is 0 Å². The van der Waals surface area contributed by atoms with Gasteiger partial charge in [0.1, 0.15) is 30.8 Å². The van der Waals surface area contributed by atoms with Crippen LogP contribution in [0, 0.1) is 19.1 Å². The van der Waals surface area contributed by atoms with Crippen molar-refractivity contribution >= 4 is 67.7 Å². The Hall–Kier alpha value is -6.04. The average Bonchev–Trinajstić information content (AvgIpc) is 3.82. The van der Waals surface area contributed by atoms with E-state index < -0.39 is 8.07 Å². The molecule has 1 aliphatic rings. The molecule has 0 radical (unpaired) electrons. The second kappa shape index (κ2) is 15.3. The Morgan fingerprint density at radius 2 is 1.24 bits per heavy atom. The molecular weight excluding hydrogens is 920 g/mol. The number of aryl methyl sites for hydroxylation is 1. The molecule has 59 heavy (non-hydrogen) atoms. The molecule has 9 aromatic rings. The summed E-state index contributed by atoms with van der Waals surface area (Å²) in [5.41, 5.74) is 8.45. The first-order chi connectivity index (χ1) is 28.3. The minimum absolute atomic E-state index is 0. The molecule has 0 aliphatic carbocycles.